The first-order valence-corrected chi connectivity index (χ1v) is 33.8. The zero-order chi connectivity index (χ0) is 66.3. The number of nitrogens with one attached hydrogen (secondary N) is 3. The Balaban J connectivity index is 0.000000131. The number of sulfonamides is 2. The van der Waals surface area contributed by atoms with Crippen molar-refractivity contribution >= 4 is 59.1 Å². The molecule has 1 amide bonds. The number of hydrazine groups is 1. The third kappa shape index (κ3) is 12.0. The van der Waals surface area contributed by atoms with Gasteiger partial charge in [0.15, 0.2) is 39.4 Å². The molecule has 5 fully saturated rings. The molecule has 490 valence electrons. The number of nitrogens with zero attached hydrogens (tertiary/aromatic N) is 25. The van der Waals surface area contributed by atoms with Crippen molar-refractivity contribution in [3.63, 3.8) is 0 Å². The molecule has 5 aliphatic heterocycles. The van der Waals surface area contributed by atoms with Crippen LogP contribution in [0, 0.1) is 32.5 Å². The van der Waals surface area contributed by atoms with Crippen LogP contribution in [0.1, 0.15) is 42.7 Å². The first-order valence-electron chi connectivity index (χ1n) is 30.6. The second-order valence-electron chi connectivity index (χ2n) is 24.1. The fourth-order valence-corrected chi connectivity index (χ4v) is 15.4. The standard InChI is InChI=1S/C24H24FN11O.C20H25N9O2S.C15H16N8O2S/c1-16-20(25)18(3-4-27-16)23(37)33-5-7-34(8-6-33)35-13-24(14-35,12-26-2)36-11-17(9-31-36)21-19-10-30-32-22(19)29-15-28-21;1-3-32(30,31)28-6-4-16(5-7-28)27-12-20(13-27,11-21-2)29-10-15(8-25-29)18-17-9-24-26-19(17)23-14-22-18;1-3-26(24,25)22-8-15(9-22,7-16-2)23-6-11(4-20-23)13-12-5-19-21-14(12)18-10-17-13/h3-4,9-11,15H,5-8,12-14H2,1H3,(H,28,29,30,32);8-10,14,16H,3-7,11-13H2,1H3,(H,22,23,24,26);4-6,10H,3,7-9H2,1H3,(H,17,18,19,21). The van der Waals surface area contributed by atoms with Gasteiger partial charge in [-0.15, -0.1) is 0 Å². The minimum atomic E-state index is -3.27. The van der Waals surface area contributed by atoms with E-state index in [9.17, 15) is 26.0 Å². The first kappa shape index (κ1) is 63.7. The van der Waals surface area contributed by atoms with Crippen LogP contribution in [0.5, 0.6) is 0 Å². The van der Waals surface area contributed by atoms with Crippen molar-refractivity contribution in [1.82, 2.24) is 123 Å². The molecule has 0 bridgehead atoms. The van der Waals surface area contributed by atoms with E-state index in [4.69, 9.17) is 19.7 Å². The van der Waals surface area contributed by atoms with E-state index in [-0.39, 0.29) is 53.8 Å². The summed E-state index contributed by atoms with van der Waals surface area (Å²) in [6, 6.07) is 1.77. The number of likely N-dealkylation sites (tertiary alicyclic amines) is 1. The van der Waals surface area contributed by atoms with Crippen LogP contribution in [0.2, 0.25) is 0 Å². The van der Waals surface area contributed by atoms with Gasteiger partial charge in [0.2, 0.25) is 39.7 Å². The fourth-order valence-electron chi connectivity index (χ4n) is 13.0. The van der Waals surface area contributed by atoms with Gasteiger partial charge in [-0.2, -0.15) is 34.9 Å². The van der Waals surface area contributed by atoms with Crippen LogP contribution in [-0.2, 0) is 36.7 Å². The summed E-state index contributed by atoms with van der Waals surface area (Å²) in [4.78, 5) is 57.3. The number of pyridine rings is 1. The molecular weight excluding hydrogens is 1260 g/mol. The van der Waals surface area contributed by atoms with Crippen LogP contribution in [0.25, 0.3) is 81.4 Å². The van der Waals surface area contributed by atoms with Gasteiger partial charge in [-0.05, 0) is 39.7 Å². The Bertz CT molecular complexity index is 4830. The topological polar surface area (TPSA) is 348 Å². The highest BCUT2D eigenvalue weighted by Crippen LogP contribution is 2.38. The third-order valence-corrected chi connectivity index (χ3v) is 22.1. The molecule has 15 heterocycles. The molecule has 95 heavy (non-hydrogen) atoms. The van der Waals surface area contributed by atoms with Crippen molar-refractivity contribution in [1.29, 1.82) is 0 Å². The number of hydrogen-bond donors (Lipinski definition) is 3. The van der Waals surface area contributed by atoms with E-state index >= 15 is 0 Å². The van der Waals surface area contributed by atoms with Gasteiger partial charge < -0.3 is 19.4 Å². The van der Waals surface area contributed by atoms with Crippen molar-refractivity contribution in [2.45, 2.75) is 56.3 Å². The lowest BCUT2D eigenvalue weighted by Gasteiger charge is -2.53. The SMILES string of the molecule is [C-]#[N+]CC1(n2cc(-c3ncnc4[nH]ncc34)cn2)CN(C2CCN(S(=O)(=O)CC)CC2)C1.[C-]#[N+]CC1(n2cc(-c3ncnc4[nH]ncc34)cn2)CN(N2CCN(C(=O)c3ccnc(C)c3F)CC2)C1.[C-]#[N+]CC1(n2cc(-c3ncnc4[nH]ncc34)cn2)CN(S(=O)(=O)CC)C1. The maximum atomic E-state index is 14.4. The Morgan fingerprint density at radius 1 is 0.558 bits per heavy atom. The number of aromatic amines is 3. The first-order chi connectivity index (χ1) is 45.9. The van der Waals surface area contributed by atoms with Crippen molar-refractivity contribution in [3.05, 3.63) is 138 Å². The Labute approximate surface area is 543 Å². The lowest BCUT2D eigenvalue weighted by atomic mass is 9.86. The van der Waals surface area contributed by atoms with E-state index < -0.39 is 36.9 Å². The highest BCUT2D eigenvalue weighted by atomic mass is 32.2. The fraction of sp³-hybridized carbons (Fsp3) is 0.441. The van der Waals surface area contributed by atoms with E-state index in [1.807, 2.05) is 21.8 Å². The van der Waals surface area contributed by atoms with Gasteiger partial charge in [0.1, 0.15) is 19.0 Å². The Hall–Kier alpha value is -10.0. The second-order valence-corrected chi connectivity index (χ2v) is 28.7. The van der Waals surface area contributed by atoms with Gasteiger partial charge in [-0.3, -0.25) is 44.0 Å². The number of carbonyl (C=O) groups is 1. The number of aromatic nitrogens is 19. The van der Waals surface area contributed by atoms with E-state index in [0.29, 0.717) is 94.1 Å². The molecule has 3 N–H and O–H groups in total. The highest BCUT2D eigenvalue weighted by Gasteiger charge is 2.54. The number of H-pyrrole nitrogens is 3. The average Bonchev–Trinajstić information content (AvgIpc) is 1.69. The van der Waals surface area contributed by atoms with Gasteiger partial charge in [-0.1, -0.05) is 0 Å². The lowest BCUT2D eigenvalue weighted by Crippen LogP contribution is -2.70. The molecule has 5 aliphatic rings. The summed E-state index contributed by atoms with van der Waals surface area (Å²) in [7, 11) is -6.39. The summed E-state index contributed by atoms with van der Waals surface area (Å²) in [5.41, 5.74) is 5.40. The van der Waals surface area contributed by atoms with Gasteiger partial charge in [-0.25, -0.2) is 85.2 Å². The van der Waals surface area contributed by atoms with Crippen molar-refractivity contribution < 1.29 is 26.0 Å². The van der Waals surface area contributed by atoms with Crippen molar-refractivity contribution in [2.75, 3.05) is 110 Å². The minimum absolute atomic E-state index is 0.0465. The average molecular weight is 1330 g/mol. The van der Waals surface area contributed by atoms with E-state index in [0.717, 1.165) is 70.2 Å². The van der Waals surface area contributed by atoms with Crippen LogP contribution in [-0.4, -0.2) is 262 Å². The van der Waals surface area contributed by atoms with Crippen LogP contribution < -0.4 is 0 Å². The molecule has 0 aromatic carbocycles. The van der Waals surface area contributed by atoms with Crippen LogP contribution in [0.15, 0.2) is 87.0 Å². The Kier molecular flexibility index (Phi) is 17.3. The third-order valence-electron chi connectivity index (χ3n) is 18.5. The largest absolute Gasteiger partial charge is 0.336 e. The van der Waals surface area contributed by atoms with E-state index in [1.54, 1.807) is 78.0 Å². The maximum Gasteiger partial charge on any atom is 0.257 e. The summed E-state index contributed by atoms with van der Waals surface area (Å²) in [5.74, 6) is -0.677. The predicted octanol–water partition coefficient (Wildman–Crippen LogP) is 2.82. The number of aryl methyl sites for hydroxylation is 1. The predicted molar refractivity (Wildman–Crippen MR) is 342 cm³/mol. The number of amides is 1. The number of halogens is 1. The van der Waals surface area contributed by atoms with Gasteiger partial charge in [0.25, 0.3) is 5.91 Å². The summed E-state index contributed by atoms with van der Waals surface area (Å²) >= 11 is 0. The van der Waals surface area contributed by atoms with Gasteiger partial charge in [0, 0.05) is 126 Å². The molecule has 33 nitrogen and oxygen atoms in total. The second kappa shape index (κ2) is 25.7. The summed E-state index contributed by atoms with van der Waals surface area (Å²) < 4.78 is 71.2. The molecule has 36 heteroatoms. The number of piperidine rings is 1. The Morgan fingerprint density at radius 3 is 1.41 bits per heavy atom. The molecule has 0 atom stereocenters. The van der Waals surface area contributed by atoms with Crippen molar-refractivity contribution in [3.8, 4) is 33.8 Å². The number of piperazine rings is 1. The normalized spacial score (nSPS) is 18.5. The molecule has 0 radical (unpaired) electrons. The Morgan fingerprint density at radius 2 is 0.979 bits per heavy atom. The summed E-state index contributed by atoms with van der Waals surface area (Å²) in [5, 5.41) is 41.0. The molecule has 0 aliphatic carbocycles. The van der Waals surface area contributed by atoms with Gasteiger partial charge >= 0.3 is 0 Å². The number of fused-ring (bicyclic) bond motifs is 3. The molecule has 0 unspecified atom stereocenters. The van der Waals surface area contributed by atoms with E-state index in [1.165, 1.54) is 35.6 Å². The minimum Gasteiger partial charge on any atom is -0.336 e. The van der Waals surface area contributed by atoms with Crippen LogP contribution in [0.4, 0.5) is 4.39 Å². The maximum absolute atomic E-state index is 14.4. The monoisotopic (exact) mass is 1330 g/mol. The number of rotatable bonds is 16. The van der Waals surface area contributed by atoms with Crippen LogP contribution in [0.3, 0.4) is 0 Å². The molecule has 5 saturated heterocycles. The molecule has 0 saturated carbocycles. The number of hydrogen-bond acceptors (Lipinski definition) is 21. The van der Waals surface area contributed by atoms with Crippen molar-refractivity contribution in [2.24, 2.45) is 0 Å². The molecule has 15 rings (SSSR count). The zero-order valence-corrected chi connectivity index (χ0v) is 53.6. The lowest BCUT2D eigenvalue weighted by molar-refractivity contribution is -0.152. The summed E-state index contributed by atoms with van der Waals surface area (Å²) in [6.45, 7) is 34.5. The zero-order valence-electron chi connectivity index (χ0n) is 52.0. The number of carbonyl (C=O) groups excluding carboxylic acids is 1. The molecule has 10 aromatic rings. The molecule has 0 spiro atoms. The highest BCUT2D eigenvalue weighted by molar-refractivity contribution is 7.89. The molecular formula is C59H65FN28O5S2. The van der Waals surface area contributed by atoms with Gasteiger partial charge in [0.05, 0.1) is 93.2 Å². The summed E-state index contributed by atoms with van der Waals surface area (Å²) in [6.07, 6.45) is 23.4. The van der Waals surface area contributed by atoms with E-state index in [2.05, 4.69) is 110 Å². The smallest absolute Gasteiger partial charge is 0.257 e. The quantitative estimate of drug-likeness (QED) is 0.117. The molecule has 10 aromatic heterocycles. The van der Waals surface area contributed by atoms with Crippen LogP contribution >= 0.6 is 0 Å².